The standard InChI is InChI=1S/C34H24ClFN2O4/c1-19-15-23-28(16-20(19)2)42-31-29(30(23)39)34(38(32(31)40)18-21-9-3-6-12-25(21)35)24-11-5-8-14-27(24)37(33(34)41)17-22-10-4-7-13-26(22)36/h3-16H,17-18H2,1-2H3. The van der Waals surface area contributed by atoms with E-state index in [4.69, 9.17) is 16.0 Å². The van der Waals surface area contributed by atoms with Crippen LogP contribution in [0.25, 0.3) is 11.0 Å². The number of aryl methyl sites for hydroxylation is 2. The zero-order chi connectivity index (χ0) is 29.3. The van der Waals surface area contributed by atoms with Crippen LogP contribution in [-0.4, -0.2) is 16.7 Å². The van der Waals surface area contributed by atoms with Crippen LogP contribution < -0.4 is 10.3 Å². The molecule has 7 rings (SSSR count). The highest BCUT2D eigenvalue weighted by Gasteiger charge is 2.65. The van der Waals surface area contributed by atoms with Crippen molar-refractivity contribution in [3.63, 3.8) is 0 Å². The quantitative estimate of drug-likeness (QED) is 0.239. The summed E-state index contributed by atoms with van der Waals surface area (Å²) in [6.45, 7) is 3.62. The molecule has 2 amide bonds. The molecule has 1 unspecified atom stereocenters. The molecule has 5 aromatic rings. The van der Waals surface area contributed by atoms with Crippen molar-refractivity contribution >= 4 is 40.1 Å². The van der Waals surface area contributed by atoms with Crippen molar-refractivity contribution in [1.29, 1.82) is 0 Å². The molecule has 8 heteroatoms. The Hall–Kier alpha value is -4.75. The van der Waals surface area contributed by atoms with Gasteiger partial charge in [-0.15, -0.1) is 0 Å². The first kappa shape index (κ1) is 26.2. The molecule has 6 nitrogen and oxygen atoms in total. The molecule has 1 spiro atoms. The van der Waals surface area contributed by atoms with Gasteiger partial charge in [-0.3, -0.25) is 14.4 Å². The molecule has 0 bridgehead atoms. The average molecular weight is 579 g/mol. The number of anilines is 1. The topological polar surface area (TPSA) is 70.8 Å². The van der Waals surface area contributed by atoms with E-state index in [9.17, 15) is 18.8 Å². The number of benzene rings is 4. The van der Waals surface area contributed by atoms with E-state index in [-0.39, 0.29) is 35.4 Å². The van der Waals surface area contributed by atoms with Crippen LogP contribution in [0.5, 0.6) is 0 Å². The first-order valence-corrected chi connectivity index (χ1v) is 13.9. The van der Waals surface area contributed by atoms with Crippen LogP contribution in [0.4, 0.5) is 10.1 Å². The molecule has 0 fully saturated rings. The summed E-state index contributed by atoms with van der Waals surface area (Å²) in [7, 11) is 0. The number of rotatable bonds is 4. The van der Waals surface area contributed by atoms with Crippen molar-refractivity contribution in [3.05, 3.63) is 145 Å². The molecular weight excluding hydrogens is 555 g/mol. The van der Waals surface area contributed by atoms with Crippen LogP contribution in [0, 0.1) is 19.7 Å². The van der Waals surface area contributed by atoms with Crippen molar-refractivity contribution in [2.75, 3.05) is 4.90 Å². The minimum absolute atomic E-state index is 0.0382. The molecule has 208 valence electrons. The van der Waals surface area contributed by atoms with Gasteiger partial charge in [-0.05, 0) is 60.9 Å². The average Bonchev–Trinajstić information content (AvgIpc) is 3.37. The third-order valence-corrected chi connectivity index (χ3v) is 8.79. The third-order valence-electron chi connectivity index (χ3n) is 8.42. The summed E-state index contributed by atoms with van der Waals surface area (Å²) < 4.78 is 21.1. The maximum atomic E-state index is 14.9. The number of hydrogen-bond donors (Lipinski definition) is 0. The maximum Gasteiger partial charge on any atom is 0.291 e. The monoisotopic (exact) mass is 578 g/mol. The summed E-state index contributed by atoms with van der Waals surface area (Å²) in [5.74, 6) is -1.78. The van der Waals surface area contributed by atoms with Crippen LogP contribution in [-0.2, 0) is 23.4 Å². The van der Waals surface area contributed by atoms with Crippen molar-refractivity contribution in [2.24, 2.45) is 0 Å². The first-order chi connectivity index (χ1) is 20.2. The van der Waals surface area contributed by atoms with Gasteiger partial charge in [0.05, 0.1) is 23.2 Å². The summed E-state index contributed by atoms with van der Waals surface area (Å²) in [6, 6.07) is 23.7. The summed E-state index contributed by atoms with van der Waals surface area (Å²) >= 11 is 6.54. The van der Waals surface area contributed by atoms with Gasteiger partial charge in [-0.25, -0.2) is 4.39 Å². The van der Waals surface area contributed by atoms with Crippen LogP contribution in [0.1, 0.15) is 43.9 Å². The molecule has 3 heterocycles. The van der Waals surface area contributed by atoms with E-state index in [0.29, 0.717) is 27.4 Å². The number of hydrogen-bond acceptors (Lipinski definition) is 4. The molecule has 1 atom stereocenters. The normalized spacial score (nSPS) is 17.4. The summed E-state index contributed by atoms with van der Waals surface area (Å²) in [4.78, 5) is 46.5. The molecular formula is C34H24ClFN2O4. The smallest absolute Gasteiger partial charge is 0.291 e. The molecule has 2 aliphatic heterocycles. The Labute approximate surface area is 245 Å². The van der Waals surface area contributed by atoms with Crippen LogP contribution in [0.15, 0.2) is 94.1 Å². The fraction of sp³-hybridized carbons (Fsp3) is 0.147. The molecule has 0 radical (unpaired) electrons. The molecule has 42 heavy (non-hydrogen) atoms. The molecule has 0 saturated carbocycles. The number of fused-ring (bicyclic) bond motifs is 5. The van der Waals surface area contributed by atoms with E-state index in [1.165, 1.54) is 15.9 Å². The van der Waals surface area contributed by atoms with Gasteiger partial charge in [-0.2, -0.15) is 0 Å². The Balaban J connectivity index is 1.54. The fourth-order valence-electron chi connectivity index (χ4n) is 6.22. The van der Waals surface area contributed by atoms with Crippen molar-refractivity contribution in [1.82, 2.24) is 4.90 Å². The highest BCUT2D eigenvalue weighted by atomic mass is 35.5. The Morgan fingerprint density at radius 1 is 0.833 bits per heavy atom. The predicted octanol–water partition coefficient (Wildman–Crippen LogP) is 6.65. The van der Waals surface area contributed by atoms with Gasteiger partial charge in [0.2, 0.25) is 5.76 Å². The van der Waals surface area contributed by atoms with Crippen molar-refractivity contribution < 1.29 is 18.4 Å². The lowest BCUT2D eigenvalue weighted by Gasteiger charge is -2.34. The zero-order valence-corrected chi connectivity index (χ0v) is 23.5. The largest absolute Gasteiger partial charge is 0.450 e. The van der Waals surface area contributed by atoms with Gasteiger partial charge in [0.25, 0.3) is 11.8 Å². The van der Waals surface area contributed by atoms with E-state index < -0.39 is 28.6 Å². The number of amides is 2. The molecule has 2 aliphatic rings. The molecule has 0 N–H and O–H groups in total. The second-order valence-corrected chi connectivity index (χ2v) is 11.2. The lowest BCUT2D eigenvalue weighted by atomic mass is 9.83. The van der Waals surface area contributed by atoms with Gasteiger partial charge in [0.1, 0.15) is 11.4 Å². The second-order valence-electron chi connectivity index (χ2n) is 10.8. The van der Waals surface area contributed by atoms with E-state index in [2.05, 4.69) is 0 Å². The highest BCUT2D eigenvalue weighted by Crippen LogP contribution is 2.53. The van der Waals surface area contributed by atoms with Crippen molar-refractivity contribution in [3.8, 4) is 0 Å². The molecule has 0 saturated heterocycles. The number of halogens is 2. The maximum absolute atomic E-state index is 14.9. The lowest BCUT2D eigenvalue weighted by molar-refractivity contribution is -0.126. The van der Waals surface area contributed by atoms with Crippen LogP contribution >= 0.6 is 11.6 Å². The Bertz CT molecular complexity index is 2040. The Morgan fingerprint density at radius 2 is 1.50 bits per heavy atom. The SMILES string of the molecule is Cc1cc2oc3c(c(=O)c2cc1C)C1(C(=O)N(Cc2ccccc2F)c2ccccc21)N(Cc1ccccc1Cl)C3=O. The second kappa shape index (κ2) is 9.39. The first-order valence-electron chi connectivity index (χ1n) is 13.5. The van der Waals surface area contributed by atoms with E-state index in [1.807, 2.05) is 13.8 Å². The number of carbonyl (C=O) groups is 2. The summed E-state index contributed by atoms with van der Waals surface area (Å²) in [6.07, 6.45) is 0. The number of carbonyl (C=O) groups excluding carboxylic acids is 2. The zero-order valence-electron chi connectivity index (χ0n) is 22.8. The fourth-order valence-corrected chi connectivity index (χ4v) is 6.41. The van der Waals surface area contributed by atoms with Gasteiger partial charge in [0.15, 0.2) is 11.0 Å². The van der Waals surface area contributed by atoms with E-state index >= 15 is 0 Å². The van der Waals surface area contributed by atoms with Crippen molar-refractivity contribution in [2.45, 2.75) is 32.5 Å². The summed E-state index contributed by atoms with van der Waals surface area (Å²) in [5.41, 5.74) is 1.53. The number of para-hydroxylation sites is 1. The van der Waals surface area contributed by atoms with Gasteiger partial charge >= 0.3 is 0 Å². The van der Waals surface area contributed by atoms with E-state index in [1.54, 1.807) is 78.9 Å². The minimum Gasteiger partial charge on any atom is -0.450 e. The Kier molecular flexibility index (Phi) is 5.85. The Morgan fingerprint density at radius 3 is 2.26 bits per heavy atom. The molecule has 4 aromatic carbocycles. The van der Waals surface area contributed by atoms with Gasteiger partial charge in [-0.1, -0.05) is 66.2 Å². The lowest BCUT2D eigenvalue weighted by Crippen LogP contribution is -2.53. The van der Waals surface area contributed by atoms with Gasteiger partial charge in [0, 0.05) is 22.7 Å². The molecule has 1 aromatic heterocycles. The third kappa shape index (κ3) is 3.53. The van der Waals surface area contributed by atoms with Crippen LogP contribution in [0.3, 0.4) is 0 Å². The minimum atomic E-state index is -1.85. The molecule has 0 aliphatic carbocycles. The predicted molar refractivity (Wildman–Crippen MR) is 158 cm³/mol. The van der Waals surface area contributed by atoms with E-state index in [0.717, 1.165) is 11.1 Å². The highest BCUT2D eigenvalue weighted by molar-refractivity contribution is 6.31. The number of nitrogens with zero attached hydrogens (tertiary/aromatic N) is 2. The summed E-state index contributed by atoms with van der Waals surface area (Å²) in [5, 5.41) is 0.690. The van der Waals surface area contributed by atoms with Crippen LogP contribution in [0.2, 0.25) is 5.02 Å². The van der Waals surface area contributed by atoms with Gasteiger partial charge < -0.3 is 14.2 Å².